The highest BCUT2D eigenvalue weighted by atomic mass is 32.2. The molecule has 1 aliphatic heterocycles. The SMILES string of the molecule is O=C(O)c1cn(C2CC2)c2cc(N(CCN3CCCC3)S(=O)(=O)c3ccc([N+](=O)[O-])cc3)c(F)cc2c1=O. The first-order chi connectivity index (χ1) is 18.1. The number of benzene rings is 2. The summed E-state index contributed by atoms with van der Waals surface area (Å²) < 4.78 is 45.7. The molecule has 1 saturated heterocycles. The normalized spacial score (nSPS) is 16.1. The van der Waals surface area contributed by atoms with E-state index in [-0.39, 0.29) is 39.8 Å². The van der Waals surface area contributed by atoms with Crippen LogP contribution in [0.25, 0.3) is 10.9 Å². The minimum Gasteiger partial charge on any atom is -0.477 e. The van der Waals surface area contributed by atoms with Gasteiger partial charge in [-0.2, -0.15) is 0 Å². The number of halogens is 1. The van der Waals surface area contributed by atoms with Crippen molar-refractivity contribution >= 4 is 38.3 Å². The van der Waals surface area contributed by atoms with Crippen LogP contribution in [0.2, 0.25) is 0 Å². The second-order valence-corrected chi connectivity index (χ2v) is 11.4. The van der Waals surface area contributed by atoms with Gasteiger partial charge in [-0.05, 0) is 63.0 Å². The van der Waals surface area contributed by atoms with Gasteiger partial charge in [-0.15, -0.1) is 0 Å². The number of nitro groups is 1. The van der Waals surface area contributed by atoms with Gasteiger partial charge in [0.1, 0.15) is 11.4 Å². The van der Waals surface area contributed by atoms with Crippen molar-refractivity contribution in [3.63, 3.8) is 0 Å². The van der Waals surface area contributed by atoms with Crippen LogP contribution in [0.1, 0.15) is 42.1 Å². The number of carboxylic acid groups (broad SMARTS) is 1. The number of hydrogen-bond acceptors (Lipinski definition) is 7. The number of nitrogens with zero attached hydrogens (tertiary/aromatic N) is 4. The maximum absolute atomic E-state index is 15.6. The fourth-order valence-electron chi connectivity index (χ4n) is 4.83. The van der Waals surface area contributed by atoms with Gasteiger partial charge >= 0.3 is 5.97 Å². The number of carboxylic acids is 1. The van der Waals surface area contributed by atoms with Gasteiger partial charge in [0, 0.05) is 42.8 Å². The summed E-state index contributed by atoms with van der Waals surface area (Å²) in [6, 6.07) is 6.44. The van der Waals surface area contributed by atoms with Gasteiger partial charge < -0.3 is 14.6 Å². The number of aromatic nitrogens is 1. The van der Waals surface area contributed by atoms with Crippen molar-refractivity contribution in [3.05, 3.63) is 74.3 Å². The summed E-state index contributed by atoms with van der Waals surface area (Å²) in [5, 5.41) is 20.4. The van der Waals surface area contributed by atoms with Crippen LogP contribution < -0.4 is 9.73 Å². The van der Waals surface area contributed by atoms with E-state index >= 15 is 4.39 Å². The number of pyridine rings is 1. The number of hydrogen-bond donors (Lipinski definition) is 1. The second-order valence-electron chi connectivity index (χ2n) is 9.51. The largest absolute Gasteiger partial charge is 0.477 e. The van der Waals surface area contributed by atoms with E-state index in [4.69, 9.17) is 0 Å². The van der Waals surface area contributed by atoms with E-state index in [9.17, 15) is 33.2 Å². The topological polar surface area (TPSA) is 143 Å². The molecule has 1 aliphatic carbocycles. The Labute approximate surface area is 216 Å². The summed E-state index contributed by atoms with van der Waals surface area (Å²) in [4.78, 5) is 36.7. The molecule has 11 nitrogen and oxygen atoms in total. The molecular formula is C25H25FN4O7S. The lowest BCUT2D eigenvalue weighted by atomic mass is 10.1. The molecule has 1 aromatic heterocycles. The van der Waals surface area contributed by atoms with Crippen molar-refractivity contribution in [3.8, 4) is 0 Å². The van der Waals surface area contributed by atoms with Gasteiger partial charge in [0.05, 0.1) is 21.0 Å². The van der Waals surface area contributed by atoms with Crippen LogP contribution in [0.15, 0.2) is 52.3 Å². The number of likely N-dealkylation sites (tertiary alicyclic amines) is 1. The Kier molecular flexibility index (Phi) is 6.65. The first-order valence-corrected chi connectivity index (χ1v) is 13.6. The van der Waals surface area contributed by atoms with E-state index in [2.05, 4.69) is 4.90 Å². The van der Waals surface area contributed by atoms with Gasteiger partial charge in [-0.3, -0.25) is 19.2 Å². The van der Waals surface area contributed by atoms with Gasteiger partial charge in [-0.25, -0.2) is 17.6 Å². The number of carbonyl (C=O) groups is 1. The maximum Gasteiger partial charge on any atom is 0.341 e. The van der Waals surface area contributed by atoms with Crippen molar-refractivity contribution < 1.29 is 27.6 Å². The van der Waals surface area contributed by atoms with Crippen molar-refractivity contribution in [1.82, 2.24) is 9.47 Å². The van der Waals surface area contributed by atoms with Crippen molar-refractivity contribution in [2.24, 2.45) is 0 Å². The van der Waals surface area contributed by atoms with Gasteiger partial charge in [0.25, 0.3) is 15.7 Å². The molecule has 2 heterocycles. The molecule has 0 spiro atoms. The predicted molar refractivity (Wildman–Crippen MR) is 137 cm³/mol. The molecule has 3 aromatic rings. The fourth-order valence-corrected chi connectivity index (χ4v) is 6.29. The first-order valence-electron chi connectivity index (χ1n) is 12.2. The Morgan fingerprint density at radius 3 is 2.39 bits per heavy atom. The number of nitro benzene ring substituents is 1. The Morgan fingerprint density at radius 2 is 1.82 bits per heavy atom. The summed E-state index contributed by atoms with van der Waals surface area (Å²) in [5.41, 5.74) is -1.67. The Balaban J connectivity index is 1.66. The van der Waals surface area contributed by atoms with Crippen LogP contribution in [-0.4, -0.2) is 60.1 Å². The molecule has 2 fully saturated rings. The molecule has 200 valence electrons. The third-order valence-corrected chi connectivity index (χ3v) is 8.82. The van der Waals surface area contributed by atoms with E-state index in [1.165, 1.54) is 12.3 Å². The highest BCUT2D eigenvalue weighted by Gasteiger charge is 2.32. The number of rotatable bonds is 9. The predicted octanol–water partition coefficient (Wildman–Crippen LogP) is 3.37. The van der Waals surface area contributed by atoms with Crippen molar-refractivity contribution in [2.45, 2.75) is 36.6 Å². The van der Waals surface area contributed by atoms with Crippen LogP contribution in [0.3, 0.4) is 0 Å². The molecule has 0 radical (unpaired) electrons. The summed E-state index contributed by atoms with van der Waals surface area (Å²) in [7, 11) is -4.37. The molecular weight excluding hydrogens is 519 g/mol. The van der Waals surface area contributed by atoms with Gasteiger partial charge in [0.2, 0.25) is 5.43 Å². The molecule has 0 unspecified atom stereocenters. The average Bonchev–Trinajstić information content (AvgIpc) is 3.59. The lowest BCUT2D eigenvalue weighted by molar-refractivity contribution is -0.384. The molecule has 0 bridgehead atoms. The molecule has 0 atom stereocenters. The smallest absolute Gasteiger partial charge is 0.341 e. The van der Waals surface area contributed by atoms with E-state index in [1.807, 2.05) is 0 Å². The molecule has 5 rings (SSSR count). The maximum atomic E-state index is 15.6. The number of anilines is 1. The highest BCUT2D eigenvalue weighted by molar-refractivity contribution is 7.92. The molecule has 2 aliphatic rings. The third kappa shape index (κ3) is 4.74. The van der Waals surface area contributed by atoms with Crippen LogP contribution in [-0.2, 0) is 10.0 Å². The standard InChI is InChI=1S/C25H25FN4O7S/c26-21-13-19-22(28(16-3-4-16)15-20(24(19)31)25(32)33)14-23(21)29(12-11-27-9-1-2-10-27)38(36,37)18-7-5-17(6-8-18)30(34)35/h5-8,13-16H,1-4,9-12H2,(H,32,33). The van der Waals surface area contributed by atoms with Crippen LogP contribution in [0, 0.1) is 15.9 Å². The molecule has 2 aromatic carbocycles. The van der Waals surface area contributed by atoms with E-state index in [0.717, 1.165) is 73.4 Å². The first kappa shape index (κ1) is 25.8. The molecule has 1 N–H and O–H groups in total. The third-order valence-electron chi connectivity index (χ3n) is 6.99. The summed E-state index contributed by atoms with van der Waals surface area (Å²) in [6.45, 7) is 1.80. The fraction of sp³-hybridized carbons (Fsp3) is 0.360. The number of non-ortho nitro benzene ring substituents is 1. The van der Waals surface area contributed by atoms with Crippen LogP contribution in [0.4, 0.5) is 15.8 Å². The van der Waals surface area contributed by atoms with E-state index < -0.39 is 37.7 Å². The minimum atomic E-state index is -4.37. The van der Waals surface area contributed by atoms with E-state index in [0.29, 0.717) is 6.54 Å². The minimum absolute atomic E-state index is 0.0844. The quantitative estimate of drug-likeness (QED) is 0.319. The number of sulfonamides is 1. The lowest BCUT2D eigenvalue weighted by Crippen LogP contribution is -2.38. The van der Waals surface area contributed by atoms with Crippen LogP contribution in [0.5, 0.6) is 0 Å². The Morgan fingerprint density at radius 1 is 1.16 bits per heavy atom. The Hall–Kier alpha value is -3.84. The van der Waals surface area contributed by atoms with E-state index in [1.54, 1.807) is 4.57 Å². The second kappa shape index (κ2) is 9.80. The zero-order chi connectivity index (χ0) is 27.2. The summed E-state index contributed by atoms with van der Waals surface area (Å²) in [6.07, 6.45) is 4.65. The average molecular weight is 545 g/mol. The van der Waals surface area contributed by atoms with Gasteiger partial charge in [0.15, 0.2) is 0 Å². The monoisotopic (exact) mass is 544 g/mol. The molecule has 1 saturated carbocycles. The molecule has 38 heavy (non-hydrogen) atoms. The zero-order valence-electron chi connectivity index (χ0n) is 20.2. The number of aromatic carboxylic acids is 1. The van der Waals surface area contributed by atoms with Crippen LogP contribution >= 0.6 is 0 Å². The molecule has 13 heteroatoms. The molecule has 0 amide bonds. The van der Waals surface area contributed by atoms with Crippen molar-refractivity contribution in [1.29, 1.82) is 0 Å². The van der Waals surface area contributed by atoms with Gasteiger partial charge in [-0.1, -0.05) is 0 Å². The van der Waals surface area contributed by atoms with Crippen molar-refractivity contribution in [2.75, 3.05) is 30.5 Å². The Bertz CT molecular complexity index is 1590. The summed E-state index contributed by atoms with van der Waals surface area (Å²) in [5.74, 6) is -2.42. The number of fused-ring (bicyclic) bond motifs is 1. The zero-order valence-corrected chi connectivity index (χ0v) is 21.1. The lowest BCUT2D eigenvalue weighted by Gasteiger charge is -2.28. The summed E-state index contributed by atoms with van der Waals surface area (Å²) >= 11 is 0. The highest BCUT2D eigenvalue weighted by Crippen LogP contribution is 2.39.